The lowest BCUT2D eigenvalue weighted by Crippen LogP contribution is -2.24. The van der Waals surface area contributed by atoms with Crippen molar-refractivity contribution in [3.63, 3.8) is 0 Å². The molecule has 1 aromatic carbocycles. The number of rotatable bonds is 6. The van der Waals surface area contributed by atoms with Crippen LogP contribution in [0.5, 0.6) is 5.75 Å². The average Bonchev–Trinajstić information content (AvgIpc) is 2.97. The van der Waals surface area contributed by atoms with E-state index in [0.717, 1.165) is 6.39 Å². The Balaban J connectivity index is 2.20. The third-order valence-electron chi connectivity index (χ3n) is 2.61. The van der Waals surface area contributed by atoms with E-state index in [2.05, 4.69) is 19.4 Å². The number of nitrogens with one attached hydrogen (secondary N) is 1. The summed E-state index contributed by atoms with van der Waals surface area (Å²) in [6.45, 7) is 0.125. The van der Waals surface area contributed by atoms with Gasteiger partial charge >= 0.3 is 0 Å². The van der Waals surface area contributed by atoms with E-state index in [9.17, 15) is 8.42 Å². The molecule has 1 heterocycles. The number of nitrogens with two attached hydrogens (primary N) is 1. The first-order valence-electron chi connectivity index (χ1n) is 5.68. The first-order chi connectivity index (χ1) is 9.56. The lowest BCUT2D eigenvalue weighted by Gasteiger charge is -2.10. The average molecular weight is 298 g/mol. The van der Waals surface area contributed by atoms with E-state index in [1.807, 2.05) is 0 Å². The Hall–Kier alpha value is -1.97. The molecule has 0 aliphatic heterocycles. The lowest BCUT2D eigenvalue weighted by atomic mass is 10.2. The Morgan fingerprint density at radius 3 is 2.85 bits per heavy atom. The zero-order valence-corrected chi connectivity index (χ0v) is 11.6. The second kappa shape index (κ2) is 5.99. The first-order valence-corrected chi connectivity index (χ1v) is 7.17. The summed E-state index contributed by atoms with van der Waals surface area (Å²) in [7, 11) is -2.18. The molecule has 0 saturated carbocycles. The maximum atomic E-state index is 12.1. The van der Waals surface area contributed by atoms with Gasteiger partial charge in [0.1, 0.15) is 5.75 Å². The Bertz CT molecular complexity index is 670. The predicted octanol–water partition coefficient (Wildman–Crippen LogP) is 0.0154. The molecule has 8 nitrogen and oxygen atoms in total. The molecule has 1 aromatic heterocycles. The number of benzene rings is 1. The minimum atomic E-state index is -3.68. The van der Waals surface area contributed by atoms with Gasteiger partial charge in [-0.05, 0) is 18.2 Å². The highest BCUT2D eigenvalue weighted by molar-refractivity contribution is 7.89. The van der Waals surface area contributed by atoms with Crippen molar-refractivity contribution >= 4 is 10.0 Å². The second-order valence-electron chi connectivity index (χ2n) is 3.85. The van der Waals surface area contributed by atoms with Crippen molar-refractivity contribution in [3.05, 3.63) is 36.0 Å². The van der Waals surface area contributed by atoms with Crippen molar-refractivity contribution in [2.24, 2.45) is 5.73 Å². The van der Waals surface area contributed by atoms with Crippen LogP contribution in [0.25, 0.3) is 0 Å². The number of sulfonamides is 1. The van der Waals surface area contributed by atoms with Gasteiger partial charge in [-0.15, -0.1) is 0 Å². The fourth-order valence-corrected chi connectivity index (χ4v) is 2.63. The van der Waals surface area contributed by atoms with Gasteiger partial charge in [-0.3, -0.25) is 0 Å². The van der Waals surface area contributed by atoms with Gasteiger partial charge in [0.2, 0.25) is 16.4 Å². The van der Waals surface area contributed by atoms with Gasteiger partial charge in [0.25, 0.3) is 0 Å². The zero-order valence-electron chi connectivity index (χ0n) is 10.7. The molecule has 9 heteroatoms. The first kappa shape index (κ1) is 14.4. The second-order valence-corrected chi connectivity index (χ2v) is 5.62. The molecule has 20 heavy (non-hydrogen) atoms. The molecule has 0 unspecified atom stereocenters. The van der Waals surface area contributed by atoms with Crippen molar-refractivity contribution < 1.29 is 17.7 Å². The summed E-state index contributed by atoms with van der Waals surface area (Å²) in [5.74, 6) is 0.797. The van der Waals surface area contributed by atoms with Crippen molar-refractivity contribution in [1.82, 2.24) is 14.9 Å². The summed E-state index contributed by atoms with van der Waals surface area (Å²) < 4.78 is 36.2. The van der Waals surface area contributed by atoms with Crippen LogP contribution in [-0.2, 0) is 23.1 Å². The molecule has 3 N–H and O–H groups in total. The molecule has 0 spiro atoms. The van der Waals surface area contributed by atoms with Crippen LogP contribution in [0.1, 0.15) is 11.4 Å². The van der Waals surface area contributed by atoms with Crippen molar-refractivity contribution in [2.45, 2.75) is 18.0 Å². The van der Waals surface area contributed by atoms with Crippen LogP contribution in [0.2, 0.25) is 0 Å². The monoisotopic (exact) mass is 298 g/mol. The van der Waals surface area contributed by atoms with E-state index in [4.69, 9.17) is 10.5 Å². The lowest BCUT2D eigenvalue weighted by molar-refractivity contribution is 0.409. The van der Waals surface area contributed by atoms with E-state index in [1.54, 1.807) is 6.07 Å². The van der Waals surface area contributed by atoms with Crippen LogP contribution >= 0.6 is 0 Å². The maximum absolute atomic E-state index is 12.1. The Morgan fingerprint density at radius 2 is 2.25 bits per heavy atom. The summed E-state index contributed by atoms with van der Waals surface area (Å²) in [6.07, 6.45) is 1.13. The SMILES string of the molecule is COc1ccc(S(=O)(=O)NCc2ncon2)cc1CN. The highest BCUT2D eigenvalue weighted by Crippen LogP contribution is 2.21. The summed E-state index contributed by atoms with van der Waals surface area (Å²) in [6, 6.07) is 4.47. The number of nitrogens with zero attached hydrogens (tertiary/aromatic N) is 2. The smallest absolute Gasteiger partial charge is 0.240 e. The van der Waals surface area contributed by atoms with Crippen molar-refractivity contribution in [1.29, 1.82) is 0 Å². The molecule has 0 bridgehead atoms. The van der Waals surface area contributed by atoms with Crippen LogP contribution in [-0.4, -0.2) is 25.7 Å². The third kappa shape index (κ3) is 3.13. The van der Waals surface area contributed by atoms with E-state index in [0.29, 0.717) is 11.3 Å². The highest BCUT2D eigenvalue weighted by Gasteiger charge is 2.16. The molecule has 108 valence electrons. The molecule has 0 aliphatic carbocycles. The quantitative estimate of drug-likeness (QED) is 0.771. The van der Waals surface area contributed by atoms with E-state index in [-0.39, 0.29) is 23.8 Å². The van der Waals surface area contributed by atoms with Gasteiger partial charge in [0, 0.05) is 12.1 Å². The predicted molar refractivity (Wildman–Crippen MR) is 69.2 cm³/mol. The van der Waals surface area contributed by atoms with Gasteiger partial charge in [0.05, 0.1) is 18.6 Å². The molecule has 2 aromatic rings. The molecule has 0 amide bonds. The number of ether oxygens (including phenoxy) is 1. The molecule has 0 fully saturated rings. The highest BCUT2D eigenvalue weighted by atomic mass is 32.2. The number of hydrogen-bond acceptors (Lipinski definition) is 7. The van der Waals surface area contributed by atoms with Crippen LogP contribution in [0.4, 0.5) is 0 Å². The summed E-state index contributed by atoms with van der Waals surface area (Å²) >= 11 is 0. The van der Waals surface area contributed by atoms with Gasteiger partial charge in [-0.25, -0.2) is 13.1 Å². The van der Waals surface area contributed by atoms with E-state index < -0.39 is 10.0 Å². The molecular formula is C11H14N4O4S. The van der Waals surface area contributed by atoms with Crippen molar-refractivity contribution in [2.75, 3.05) is 7.11 Å². The third-order valence-corrected chi connectivity index (χ3v) is 4.01. The Morgan fingerprint density at radius 1 is 1.45 bits per heavy atom. The van der Waals surface area contributed by atoms with Gasteiger partial charge in [-0.1, -0.05) is 5.16 Å². The summed E-state index contributed by atoms with van der Waals surface area (Å²) in [5.41, 5.74) is 6.17. The number of aromatic nitrogens is 2. The molecule has 0 saturated heterocycles. The fraction of sp³-hybridized carbons (Fsp3) is 0.273. The minimum Gasteiger partial charge on any atom is -0.496 e. The molecule has 0 atom stereocenters. The molecular weight excluding hydrogens is 284 g/mol. The van der Waals surface area contributed by atoms with Gasteiger partial charge < -0.3 is 15.0 Å². The Labute approximate surface area is 116 Å². The zero-order chi connectivity index (χ0) is 14.6. The fourth-order valence-electron chi connectivity index (χ4n) is 1.59. The molecule has 2 rings (SSSR count). The van der Waals surface area contributed by atoms with Crippen molar-refractivity contribution in [3.8, 4) is 5.75 Å². The molecule has 0 aliphatic rings. The van der Waals surface area contributed by atoms with E-state index >= 15 is 0 Å². The van der Waals surface area contributed by atoms with Crippen LogP contribution in [0, 0.1) is 0 Å². The topological polar surface area (TPSA) is 120 Å². The largest absolute Gasteiger partial charge is 0.496 e. The van der Waals surface area contributed by atoms with Crippen LogP contribution in [0.15, 0.2) is 34.0 Å². The van der Waals surface area contributed by atoms with Crippen LogP contribution in [0.3, 0.4) is 0 Å². The Kier molecular flexibility index (Phi) is 4.32. The molecule has 0 radical (unpaired) electrons. The summed E-state index contributed by atoms with van der Waals surface area (Å²) in [5, 5.41) is 3.52. The van der Waals surface area contributed by atoms with Crippen LogP contribution < -0.4 is 15.2 Å². The maximum Gasteiger partial charge on any atom is 0.240 e. The van der Waals surface area contributed by atoms with Gasteiger partial charge in [0.15, 0.2) is 5.82 Å². The standard InChI is InChI=1S/C11H14N4O4S/c1-18-10-3-2-9(4-8(10)5-12)20(16,17)14-6-11-13-7-19-15-11/h2-4,7,14H,5-6,12H2,1H3. The van der Waals surface area contributed by atoms with Gasteiger partial charge in [-0.2, -0.15) is 4.98 Å². The minimum absolute atomic E-state index is 0.0528. The normalized spacial score (nSPS) is 11.5. The number of hydrogen-bond donors (Lipinski definition) is 2. The number of methoxy groups -OCH3 is 1. The van der Waals surface area contributed by atoms with E-state index in [1.165, 1.54) is 19.2 Å². The summed E-state index contributed by atoms with van der Waals surface area (Å²) in [4.78, 5) is 3.83.